The summed E-state index contributed by atoms with van der Waals surface area (Å²) < 4.78 is 1.35. The lowest BCUT2D eigenvalue weighted by molar-refractivity contribution is -0.384. The molecule has 2 unspecified atom stereocenters. The first kappa shape index (κ1) is 11.3. The van der Waals surface area contributed by atoms with Crippen LogP contribution in [0.1, 0.15) is 32.2 Å². The van der Waals surface area contributed by atoms with Crippen LogP contribution < -0.4 is 0 Å². The van der Waals surface area contributed by atoms with E-state index in [-0.39, 0.29) is 16.9 Å². The number of hydrogen-bond donors (Lipinski definition) is 1. The molecule has 88 valence electrons. The highest BCUT2D eigenvalue weighted by Crippen LogP contribution is 2.41. The zero-order valence-corrected chi connectivity index (χ0v) is 9.52. The summed E-state index contributed by atoms with van der Waals surface area (Å²) in [6.45, 7) is 1.70. The molecule has 1 aromatic heterocycles. The van der Waals surface area contributed by atoms with E-state index < -0.39 is 10.5 Å². The van der Waals surface area contributed by atoms with E-state index in [1.165, 1.54) is 4.68 Å². The zero-order valence-electron chi connectivity index (χ0n) is 8.76. The molecule has 0 spiro atoms. The van der Waals surface area contributed by atoms with Crippen molar-refractivity contribution >= 4 is 17.3 Å². The van der Waals surface area contributed by atoms with Gasteiger partial charge in [0.25, 0.3) is 0 Å². The van der Waals surface area contributed by atoms with Crippen LogP contribution in [0.5, 0.6) is 0 Å². The summed E-state index contributed by atoms with van der Waals surface area (Å²) in [5, 5.41) is 24.6. The smallest absolute Gasteiger partial charge is 0.325 e. The number of rotatable bonds is 2. The van der Waals surface area contributed by atoms with Gasteiger partial charge in [-0.2, -0.15) is 5.10 Å². The van der Waals surface area contributed by atoms with Crippen LogP contribution in [-0.4, -0.2) is 25.4 Å². The number of nitro groups is 1. The molecule has 1 N–H and O–H groups in total. The van der Waals surface area contributed by atoms with Gasteiger partial charge in [0, 0.05) is 0 Å². The molecule has 0 saturated heterocycles. The normalized spacial score (nSPS) is 29.6. The minimum Gasteiger partial charge on any atom is -0.388 e. The Morgan fingerprint density at radius 1 is 1.81 bits per heavy atom. The second-order valence-electron chi connectivity index (χ2n) is 4.29. The molecule has 0 bridgehead atoms. The van der Waals surface area contributed by atoms with Gasteiger partial charge < -0.3 is 5.11 Å². The Hall–Kier alpha value is -1.14. The maximum absolute atomic E-state index is 10.6. The monoisotopic (exact) mass is 245 g/mol. The highest BCUT2D eigenvalue weighted by Gasteiger charge is 2.40. The van der Waals surface area contributed by atoms with Crippen LogP contribution in [-0.2, 0) is 0 Å². The Bertz CT molecular complexity index is 430. The minimum absolute atomic E-state index is 0.0165. The Morgan fingerprint density at radius 3 is 2.94 bits per heavy atom. The summed E-state index contributed by atoms with van der Waals surface area (Å²) >= 11 is 5.87. The van der Waals surface area contributed by atoms with Gasteiger partial charge in [0.1, 0.15) is 6.20 Å². The van der Waals surface area contributed by atoms with Gasteiger partial charge in [-0.15, -0.1) is 0 Å². The van der Waals surface area contributed by atoms with Crippen LogP contribution in [0.15, 0.2) is 6.20 Å². The summed E-state index contributed by atoms with van der Waals surface area (Å²) in [7, 11) is 0. The molecule has 16 heavy (non-hydrogen) atoms. The van der Waals surface area contributed by atoms with Crippen molar-refractivity contribution in [2.24, 2.45) is 0 Å². The number of aromatic nitrogens is 2. The van der Waals surface area contributed by atoms with Gasteiger partial charge in [0.15, 0.2) is 0 Å². The Labute approximate surface area is 97.0 Å². The van der Waals surface area contributed by atoms with E-state index in [0.29, 0.717) is 6.42 Å². The predicted molar refractivity (Wildman–Crippen MR) is 57.4 cm³/mol. The fourth-order valence-corrected chi connectivity index (χ4v) is 2.47. The number of aliphatic hydroxyl groups is 1. The maximum Gasteiger partial charge on any atom is 0.325 e. The fourth-order valence-electron chi connectivity index (χ4n) is 2.19. The lowest BCUT2D eigenvalue weighted by atomic mass is 10.0. The van der Waals surface area contributed by atoms with Gasteiger partial charge in [0.05, 0.1) is 16.6 Å². The largest absolute Gasteiger partial charge is 0.388 e. The fraction of sp³-hybridized carbons (Fsp3) is 0.667. The Balaban J connectivity index is 2.38. The van der Waals surface area contributed by atoms with Crippen molar-refractivity contribution < 1.29 is 10.0 Å². The first-order valence-corrected chi connectivity index (χ1v) is 5.41. The van der Waals surface area contributed by atoms with Gasteiger partial charge in [-0.25, -0.2) is 4.68 Å². The average Bonchev–Trinajstić information content (AvgIpc) is 2.68. The summed E-state index contributed by atoms with van der Waals surface area (Å²) in [5.41, 5.74) is -1.12. The number of nitrogens with zero attached hydrogens (tertiary/aromatic N) is 3. The van der Waals surface area contributed by atoms with E-state index in [4.69, 9.17) is 11.6 Å². The van der Waals surface area contributed by atoms with Crippen molar-refractivity contribution in [2.45, 2.75) is 37.8 Å². The topological polar surface area (TPSA) is 81.2 Å². The SMILES string of the molecule is CC1(O)CCCC1n1ncc([N+](=O)[O-])c1Cl. The zero-order chi connectivity index (χ0) is 11.9. The molecule has 1 aromatic rings. The Morgan fingerprint density at radius 2 is 2.50 bits per heavy atom. The van der Waals surface area contributed by atoms with Gasteiger partial charge in [0.2, 0.25) is 5.15 Å². The molecule has 1 aliphatic carbocycles. The highest BCUT2D eigenvalue weighted by molar-refractivity contribution is 6.31. The van der Waals surface area contributed by atoms with E-state index in [1.54, 1.807) is 6.92 Å². The highest BCUT2D eigenvalue weighted by atomic mass is 35.5. The van der Waals surface area contributed by atoms with Crippen molar-refractivity contribution in [3.05, 3.63) is 21.5 Å². The van der Waals surface area contributed by atoms with E-state index in [1.807, 2.05) is 0 Å². The third-order valence-electron chi connectivity index (χ3n) is 3.09. The van der Waals surface area contributed by atoms with Crippen LogP contribution in [0.3, 0.4) is 0 Å². The first-order chi connectivity index (χ1) is 7.43. The molecule has 0 radical (unpaired) electrons. The van der Waals surface area contributed by atoms with Crippen molar-refractivity contribution in [3.8, 4) is 0 Å². The molecule has 0 amide bonds. The van der Waals surface area contributed by atoms with Crippen molar-refractivity contribution in [1.29, 1.82) is 0 Å². The molecule has 0 aliphatic heterocycles. The quantitative estimate of drug-likeness (QED) is 0.638. The van der Waals surface area contributed by atoms with Crippen molar-refractivity contribution in [2.75, 3.05) is 0 Å². The number of halogens is 1. The number of hydrogen-bond acceptors (Lipinski definition) is 4. The van der Waals surface area contributed by atoms with Gasteiger partial charge in [-0.05, 0) is 26.2 Å². The molecular formula is C9H12ClN3O3. The molecule has 7 heteroatoms. The van der Waals surface area contributed by atoms with Crippen LogP contribution in [0.2, 0.25) is 5.15 Å². The van der Waals surface area contributed by atoms with Crippen molar-refractivity contribution in [1.82, 2.24) is 9.78 Å². The Kier molecular flexibility index (Phi) is 2.63. The minimum atomic E-state index is -0.899. The lowest BCUT2D eigenvalue weighted by Gasteiger charge is -2.25. The summed E-state index contributed by atoms with van der Waals surface area (Å²) in [4.78, 5) is 10.0. The third-order valence-corrected chi connectivity index (χ3v) is 3.45. The molecule has 2 rings (SSSR count). The van der Waals surface area contributed by atoms with Crippen LogP contribution in [0.25, 0.3) is 0 Å². The second-order valence-corrected chi connectivity index (χ2v) is 4.65. The molecule has 1 fully saturated rings. The van der Waals surface area contributed by atoms with Crippen LogP contribution in [0.4, 0.5) is 5.69 Å². The van der Waals surface area contributed by atoms with Crippen molar-refractivity contribution in [3.63, 3.8) is 0 Å². The predicted octanol–water partition coefficient (Wildman–Crippen LogP) is 1.92. The van der Waals surface area contributed by atoms with E-state index in [0.717, 1.165) is 19.0 Å². The molecule has 0 aromatic carbocycles. The summed E-state index contributed by atoms with van der Waals surface area (Å²) in [5.74, 6) is 0. The second kappa shape index (κ2) is 3.71. The molecular weight excluding hydrogens is 234 g/mol. The third kappa shape index (κ3) is 1.68. The molecule has 1 saturated carbocycles. The van der Waals surface area contributed by atoms with Gasteiger partial charge >= 0.3 is 5.69 Å². The summed E-state index contributed by atoms with van der Waals surface area (Å²) in [6.07, 6.45) is 3.37. The van der Waals surface area contributed by atoms with Crippen LogP contribution >= 0.6 is 11.6 Å². The van der Waals surface area contributed by atoms with E-state index in [9.17, 15) is 15.2 Å². The molecule has 1 aliphatic rings. The first-order valence-electron chi connectivity index (χ1n) is 5.03. The van der Waals surface area contributed by atoms with Crippen LogP contribution in [0, 0.1) is 10.1 Å². The molecule has 1 heterocycles. The standard InChI is InChI=1S/C9H12ClN3O3/c1-9(14)4-2-3-7(9)12-8(10)6(5-11-12)13(15)16/h5,7,14H,2-4H2,1H3. The average molecular weight is 246 g/mol. The van der Waals surface area contributed by atoms with Gasteiger partial charge in [-0.3, -0.25) is 10.1 Å². The maximum atomic E-state index is 10.6. The van der Waals surface area contributed by atoms with E-state index >= 15 is 0 Å². The van der Waals surface area contributed by atoms with E-state index in [2.05, 4.69) is 5.10 Å². The molecule has 2 atom stereocenters. The summed E-state index contributed by atoms with van der Waals surface area (Å²) in [6, 6.07) is -0.284. The van der Waals surface area contributed by atoms with Gasteiger partial charge in [-0.1, -0.05) is 11.6 Å². The lowest BCUT2D eigenvalue weighted by Crippen LogP contribution is -2.31. The molecule has 6 nitrogen and oxygen atoms in total.